The van der Waals surface area contributed by atoms with Crippen molar-refractivity contribution in [3.05, 3.63) is 77.4 Å². The summed E-state index contributed by atoms with van der Waals surface area (Å²) in [6.07, 6.45) is 2.15. The Bertz CT molecular complexity index is 1970. The summed E-state index contributed by atoms with van der Waals surface area (Å²) in [5.41, 5.74) is 5.66. The molecule has 0 spiro atoms. The minimum atomic E-state index is -2.91. The maximum absolute atomic E-state index is 13.3. The lowest BCUT2D eigenvalue weighted by Crippen LogP contribution is -2.75. The van der Waals surface area contributed by atoms with E-state index in [-0.39, 0.29) is 29.7 Å². The van der Waals surface area contributed by atoms with Crippen molar-refractivity contribution >= 4 is 34.2 Å². The van der Waals surface area contributed by atoms with Gasteiger partial charge in [0.05, 0.1) is 22.7 Å². The number of benzene rings is 3. The van der Waals surface area contributed by atoms with Gasteiger partial charge in [-0.05, 0) is 73.3 Å². The molecule has 15 heteroatoms. The van der Waals surface area contributed by atoms with Crippen LogP contribution < -0.4 is 24.5 Å². The second-order valence-electron chi connectivity index (χ2n) is 15.6. The van der Waals surface area contributed by atoms with Gasteiger partial charge in [0.2, 0.25) is 0 Å². The minimum absolute atomic E-state index is 0.0443. The molecule has 2 fully saturated rings. The van der Waals surface area contributed by atoms with Gasteiger partial charge in [-0.3, -0.25) is 4.79 Å². The molecule has 8 N–H and O–H groups in total. The van der Waals surface area contributed by atoms with E-state index in [2.05, 4.69) is 9.80 Å². The number of likely N-dealkylation sites (N-methyl/N-ethyl adjacent to an activating group) is 2. The lowest BCUT2D eigenvalue weighted by Gasteiger charge is -2.53. The van der Waals surface area contributed by atoms with Crippen molar-refractivity contribution in [2.45, 2.75) is 73.2 Å². The Labute approximate surface area is 306 Å². The third-order valence-corrected chi connectivity index (χ3v) is 12.9. The molecule has 3 aromatic rings. The summed E-state index contributed by atoms with van der Waals surface area (Å²) >= 11 is 0. The molecule has 6 aliphatic rings. The van der Waals surface area contributed by atoms with Crippen LogP contribution in [0.3, 0.4) is 0 Å². The van der Waals surface area contributed by atoms with E-state index in [1.807, 2.05) is 48.5 Å². The third-order valence-electron chi connectivity index (χ3n) is 12.9. The predicted molar refractivity (Wildman–Crippen MR) is 194 cm³/mol. The molecular formula is C38H46N6O9. The van der Waals surface area contributed by atoms with E-state index < -0.39 is 23.6 Å². The summed E-state index contributed by atoms with van der Waals surface area (Å²) in [5.74, 6) is -11.8. The van der Waals surface area contributed by atoms with E-state index in [1.165, 1.54) is 23.9 Å². The smallest absolute Gasteiger partial charge is 0.326 e. The number of aliphatic hydroxyl groups is 8. The standard InChI is InChI=1S/C38H46N6O9/c1-39-30-8-3-6-24-26-20-41(18-15-28(26)43(33(24)30)37(50,51)35(39,46)47)17-5-10-32(45)22-11-13-23(14-12-22)42-19-16-29-27(21-42)25-7-4-9-31-34(25)44(29)38(52,53)36(48,49)40(31)2/h3-4,6-9,11-14,26-29,46-53H,5,10,15-21H2,1-2H3. The highest BCUT2D eigenvalue weighted by Crippen LogP contribution is 2.58. The fourth-order valence-electron chi connectivity index (χ4n) is 10.1. The third kappa shape index (κ3) is 4.63. The number of anilines is 5. The SMILES string of the molecule is CN1c2cccc3c2N(C2CCN(CCCC(=O)c4ccc(N5CCC6C(C5)c5cccc7c5N6C(O)(O)C(O)(O)N7C)cc4)CC32)C(O)(O)C1(O)O. The van der Waals surface area contributed by atoms with Gasteiger partial charge in [0.25, 0.3) is 0 Å². The molecular weight excluding hydrogens is 684 g/mol. The van der Waals surface area contributed by atoms with Gasteiger partial charge in [-0.2, -0.15) is 0 Å². The van der Waals surface area contributed by atoms with E-state index in [4.69, 9.17) is 0 Å². The molecule has 53 heavy (non-hydrogen) atoms. The zero-order valence-corrected chi connectivity index (χ0v) is 29.6. The molecule has 4 atom stereocenters. The number of ketones is 1. The Morgan fingerprint density at radius 2 is 1.17 bits per heavy atom. The van der Waals surface area contributed by atoms with Crippen molar-refractivity contribution in [2.75, 3.05) is 71.3 Å². The van der Waals surface area contributed by atoms with Crippen LogP contribution >= 0.6 is 0 Å². The number of hydrogen-bond acceptors (Lipinski definition) is 15. The molecule has 0 aromatic heterocycles. The van der Waals surface area contributed by atoms with Gasteiger partial charge in [0.1, 0.15) is 0 Å². The zero-order valence-electron chi connectivity index (χ0n) is 29.6. The number of carbonyl (C=O) groups is 1. The quantitative estimate of drug-likeness (QED) is 0.124. The van der Waals surface area contributed by atoms with Gasteiger partial charge in [-0.1, -0.05) is 24.3 Å². The maximum Gasteiger partial charge on any atom is 0.326 e. The Balaban J connectivity index is 0.832. The summed E-state index contributed by atoms with van der Waals surface area (Å²) in [6.45, 7) is 3.17. The average molecular weight is 731 g/mol. The second kappa shape index (κ2) is 11.5. The lowest BCUT2D eigenvalue weighted by atomic mass is 9.88. The number of rotatable bonds is 6. The maximum atomic E-state index is 13.3. The number of carbonyl (C=O) groups excluding carboxylic acids is 1. The summed E-state index contributed by atoms with van der Waals surface area (Å²) in [5, 5.41) is 87.1. The molecule has 3 aromatic carbocycles. The first-order valence-electron chi connectivity index (χ1n) is 18.3. The van der Waals surface area contributed by atoms with Crippen molar-refractivity contribution in [1.29, 1.82) is 0 Å². The molecule has 0 aliphatic carbocycles. The molecule has 2 saturated heterocycles. The van der Waals surface area contributed by atoms with Crippen LogP contribution in [-0.2, 0) is 0 Å². The lowest BCUT2D eigenvalue weighted by molar-refractivity contribution is -0.358. The number of fused-ring (bicyclic) bond motifs is 6. The summed E-state index contributed by atoms with van der Waals surface area (Å²) in [6, 6.07) is 18.0. The molecule has 282 valence electrons. The number of likely N-dealkylation sites (tertiary alicyclic amines) is 1. The number of hydrogen-bond donors (Lipinski definition) is 8. The van der Waals surface area contributed by atoms with Crippen LogP contribution in [0, 0.1) is 0 Å². The number of nitrogens with zero attached hydrogens (tertiary/aromatic N) is 6. The number of Topliss-reactive ketones (excluding diaryl/α,β-unsaturated/α-hetero) is 1. The van der Waals surface area contributed by atoms with Crippen molar-refractivity contribution in [3.8, 4) is 0 Å². The first kappa shape index (κ1) is 34.7. The molecule has 0 radical (unpaired) electrons. The molecule has 0 amide bonds. The van der Waals surface area contributed by atoms with Crippen molar-refractivity contribution in [3.63, 3.8) is 0 Å². The van der Waals surface area contributed by atoms with E-state index in [0.717, 1.165) is 26.6 Å². The second-order valence-corrected chi connectivity index (χ2v) is 15.6. The molecule has 0 saturated carbocycles. The van der Waals surface area contributed by atoms with Crippen molar-refractivity contribution in [2.24, 2.45) is 0 Å². The van der Waals surface area contributed by atoms with Crippen molar-refractivity contribution < 1.29 is 45.6 Å². The fraction of sp³-hybridized carbons (Fsp3) is 0.500. The summed E-state index contributed by atoms with van der Waals surface area (Å²) in [7, 11) is 2.84. The normalized spacial score (nSPS) is 28.4. The van der Waals surface area contributed by atoms with E-state index >= 15 is 0 Å². The molecule has 4 unspecified atom stereocenters. The fourth-order valence-corrected chi connectivity index (χ4v) is 10.1. The van der Waals surface area contributed by atoms with Gasteiger partial charge >= 0.3 is 23.6 Å². The first-order chi connectivity index (χ1) is 25.1. The van der Waals surface area contributed by atoms with Gasteiger partial charge in [0.15, 0.2) is 5.78 Å². The topological polar surface area (TPSA) is 198 Å². The molecule has 6 heterocycles. The minimum Gasteiger partial charge on any atom is -0.371 e. The number of para-hydroxylation sites is 2. The van der Waals surface area contributed by atoms with Gasteiger partial charge < -0.3 is 70.3 Å². The van der Waals surface area contributed by atoms with Gasteiger partial charge in [-0.15, -0.1) is 0 Å². The highest BCUT2D eigenvalue weighted by atomic mass is 16.6. The zero-order chi connectivity index (χ0) is 37.4. The highest BCUT2D eigenvalue weighted by Gasteiger charge is 2.66. The van der Waals surface area contributed by atoms with Crippen LogP contribution in [0.1, 0.15) is 59.0 Å². The Kier molecular flexibility index (Phi) is 7.53. The number of piperidine rings is 2. The van der Waals surface area contributed by atoms with Crippen LogP contribution in [-0.4, -0.2) is 134 Å². The monoisotopic (exact) mass is 730 g/mol. The molecule has 0 bridgehead atoms. The van der Waals surface area contributed by atoms with E-state index in [0.29, 0.717) is 86.7 Å². The molecule has 15 nitrogen and oxygen atoms in total. The van der Waals surface area contributed by atoms with Crippen LogP contribution in [0.25, 0.3) is 0 Å². The van der Waals surface area contributed by atoms with Gasteiger partial charge in [-0.25, -0.2) is 0 Å². The van der Waals surface area contributed by atoms with E-state index in [1.54, 1.807) is 12.1 Å². The largest absolute Gasteiger partial charge is 0.371 e. The first-order valence-corrected chi connectivity index (χ1v) is 18.3. The molecule has 9 rings (SSSR count). The van der Waals surface area contributed by atoms with Gasteiger partial charge in [0, 0.05) is 81.9 Å². The molecule has 6 aliphatic heterocycles. The van der Waals surface area contributed by atoms with Crippen LogP contribution in [0.4, 0.5) is 28.4 Å². The van der Waals surface area contributed by atoms with Crippen LogP contribution in [0.15, 0.2) is 60.7 Å². The van der Waals surface area contributed by atoms with Crippen LogP contribution in [0.2, 0.25) is 0 Å². The van der Waals surface area contributed by atoms with Crippen molar-refractivity contribution in [1.82, 2.24) is 4.90 Å². The predicted octanol–water partition coefficient (Wildman–Crippen LogP) is -0.0367. The Hall–Kier alpha value is -4.03. The Morgan fingerprint density at radius 1 is 0.660 bits per heavy atom. The summed E-state index contributed by atoms with van der Waals surface area (Å²) < 4.78 is 0. The highest BCUT2D eigenvalue weighted by molar-refractivity contribution is 5.96. The van der Waals surface area contributed by atoms with Crippen LogP contribution in [0.5, 0.6) is 0 Å². The van der Waals surface area contributed by atoms with E-state index in [9.17, 15) is 45.6 Å². The average Bonchev–Trinajstić information content (AvgIpc) is 3.66. The Morgan fingerprint density at radius 3 is 1.72 bits per heavy atom. The summed E-state index contributed by atoms with van der Waals surface area (Å²) in [4.78, 5) is 22.7.